The average molecular weight is 302 g/mol. The van der Waals surface area contributed by atoms with Gasteiger partial charge in [-0.15, -0.1) is 0 Å². The summed E-state index contributed by atoms with van der Waals surface area (Å²) >= 11 is 5.44. The molecule has 0 spiro atoms. The number of hydrogen-bond acceptors (Lipinski definition) is 2. The zero-order chi connectivity index (χ0) is 11.5. The summed E-state index contributed by atoms with van der Waals surface area (Å²) in [7, 11) is 0. The molecule has 0 saturated carbocycles. The summed E-state index contributed by atoms with van der Waals surface area (Å²) in [5.74, 6) is 0. The second kappa shape index (κ2) is 4.70. The molecule has 0 aliphatic rings. The summed E-state index contributed by atoms with van der Waals surface area (Å²) in [6.07, 6.45) is 1.37. The Balaban J connectivity index is 2.40. The van der Waals surface area contributed by atoms with Gasteiger partial charge in [-0.2, -0.15) is 0 Å². The third-order valence-corrected chi connectivity index (χ3v) is 4.23. The van der Waals surface area contributed by atoms with E-state index in [9.17, 15) is 9.59 Å². The zero-order valence-corrected chi connectivity index (χ0v) is 10.5. The second-order valence-electron chi connectivity index (χ2n) is 2.98. The van der Waals surface area contributed by atoms with E-state index in [1.165, 1.54) is 6.20 Å². The molecule has 1 aromatic carbocycles. The zero-order valence-electron chi connectivity index (χ0n) is 8.01. The number of rotatable bonds is 2. The van der Waals surface area contributed by atoms with E-state index in [0.717, 1.165) is 8.55 Å². The number of H-pyrrole nitrogens is 1. The monoisotopic (exact) mass is 302 g/mol. The standard InChI is InChI=1S/C10H7ClN2O2Se/c11-13-6-8(9(14)12-10(13)15)16-7-4-2-1-3-5-7/h1-6H,(H,12,14,15). The molecule has 2 rings (SSSR count). The maximum atomic E-state index is 11.5. The molecule has 1 N–H and O–H groups in total. The van der Waals surface area contributed by atoms with Crippen LogP contribution in [0.4, 0.5) is 0 Å². The molecule has 4 nitrogen and oxygen atoms in total. The molecule has 0 saturated heterocycles. The van der Waals surface area contributed by atoms with Gasteiger partial charge < -0.3 is 0 Å². The van der Waals surface area contributed by atoms with Crippen LogP contribution in [0.15, 0.2) is 46.1 Å². The van der Waals surface area contributed by atoms with Crippen molar-refractivity contribution >= 4 is 35.7 Å². The summed E-state index contributed by atoms with van der Waals surface area (Å²) < 4.78 is 2.44. The average Bonchev–Trinajstić information content (AvgIpc) is 2.27. The quantitative estimate of drug-likeness (QED) is 0.738. The van der Waals surface area contributed by atoms with Crippen molar-refractivity contribution in [3.8, 4) is 0 Å². The van der Waals surface area contributed by atoms with E-state index in [2.05, 4.69) is 4.98 Å². The van der Waals surface area contributed by atoms with Crippen molar-refractivity contribution < 1.29 is 0 Å². The van der Waals surface area contributed by atoms with Gasteiger partial charge in [0.2, 0.25) is 0 Å². The maximum absolute atomic E-state index is 11.5. The van der Waals surface area contributed by atoms with Gasteiger partial charge in [0.1, 0.15) is 0 Å². The molecular weight excluding hydrogens is 295 g/mol. The van der Waals surface area contributed by atoms with Gasteiger partial charge in [0.05, 0.1) is 0 Å². The SMILES string of the molecule is O=c1[nH]c(=O)n(Cl)cc1[Se]c1ccccc1. The minimum atomic E-state index is -0.612. The van der Waals surface area contributed by atoms with Crippen LogP contribution in [0.2, 0.25) is 0 Å². The normalized spacial score (nSPS) is 10.3. The molecule has 0 radical (unpaired) electrons. The number of nitrogens with one attached hydrogen (secondary N) is 1. The Morgan fingerprint density at radius 2 is 1.88 bits per heavy atom. The Morgan fingerprint density at radius 1 is 1.19 bits per heavy atom. The summed E-state index contributed by atoms with van der Waals surface area (Å²) in [6, 6.07) is 9.59. The molecule has 0 aliphatic heterocycles. The van der Waals surface area contributed by atoms with Crippen molar-refractivity contribution in [2.75, 3.05) is 0 Å². The van der Waals surface area contributed by atoms with Gasteiger partial charge in [0, 0.05) is 0 Å². The molecule has 0 atom stereocenters. The van der Waals surface area contributed by atoms with Crippen molar-refractivity contribution in [1.82, 2.24) is 9.07 Å². The molecule has 16 heavy (non-hydrogen) atoms. The predicted octanol–water partition coefficient (Wildman–Crippen LogP) is -0.806. The van der Waals surface area contributed by atoms with E-state index in [1.807, 2.05) is 30.3 Å². The topological polar surface area (TPSA) is 54.9 Å². The number of nitrogens with zero attached hydrogens (tertiary/aromatic N) is 1. The second-order valence-corrected chi connectivity index (χ2v) is 5.68. The fourth-order valence-corrected chi connectivity index (χ4v) is 3.17. The van der Waals surface area contributed by atoms with Crippen LogP contribution in [0.1, 0.15) is 0 Å². The van der Waals surface area contributed by atoms with Gasteiger partial charge in [-0.3, -0.25) is 0 Å². The van der Waals surface area contributed by atoms with Crippen molar-refractivity contribution in [1.29, 1.82) is 0 Å². The first-order chi connectivity index (χ1) is 7.66. The van der Waals surface area contributed by atoms with E-state index in [0.29, 0.717) is 4.46 Å². The molecule has 0 fully saturated rings. The third-order valence-electron chi connectivity index (χ3n) is 1.84. The first-order valence-electron chi connectivity index (χ1n) is 4.42. The fraction of sp³-hybridized carbons (Fsp3) is 0. The number of benzene rings is 1. The number of hydrogen-bond donors (Lipinski definition) is 1. The fourth-order valence-electron chi connectivity index (χ4n) is 1.12. The van der Waals surface area contributed by atoms with Crippen LogP contribution in [-0.4, -0.2) is 24.0 Å². The molecule has 1 aromatic heterocycles. The molecular formula is C10H7ClN2O2Se. The Labute approximate surface area is 102 Å². The Hall–Kier alpha value is -1.29. The van der Waals surface area contributed by atoms with Gasteiger partial charge in [-0.1, -0.05) is 0 Å². The molecule has 0 amide bonds. The number of halogens is 1. The van der Waals surface area contributed by atoms with Crippen molar-refractivity contribution in [2.45, 2.75) is 0 Å². The van der Waals surface area contributed by atoms with Crippen molar-refractivity contribution in [3.63, 3.8) is 0 Å². The Morgan fingerprint density at radius 3 is 2.56 bits per heavy atom. The number of aromatic nitrogens is 2. The van der Waals surface area contributed by atoms with Gasteiger partial charge in [-0.05, 0) is 0 Å². The van der Waals surface area contributed by atoms with Gasteiger partial charge in [0.15, 0.2) is 0 Å². The molecule has 1 heterocycles. The van der Waals surface area contributed by atoms with E-state index in [4.69, 9.17) is 11.8 Å². The summed E-state index contributed by atoms with van der Waals surface area (Å²) in [5, 5.41) is 0. The summed E-state index contributed by atoms with van der Waals surface area (Å²) in [4.78, 5) is 24.7. The molecule has 2 aromatic rings. The van der Waals surface area contributed by atoms with Crippen LogP contribution in [-0.2, 0) is 0 Å². The summed E-state index contributed by atoms with van der Waals surface area (Å²) in [6.45, 7) is 0. The van der Waals surface area contributed by atoms with E-state index in [1.54, 1.807) is 0 Å². The third kappa shape index (κ3) is 2.44. The molecule has 0 unspecified atom stereocenters. The first kappa shape index (κ1) is 11.2. The van der Waals surface area contributed by atoms with Crippen LogP contribution in [0.25, 0.3) is 0 Å². The van der Waals surface area contributed by atoms with Gasteiger partial charge >= 0.3 is 102 Å². The van der Waals surface area contributed by atoms with Crippen LogP contribution < -0.4 is 20.2 Å². The molecule has 0 bridgehead atoms. The van der Waals surface area contributed by atoms with Crippen molar-refractivity contribution in [3.05, 3.63) is 57.4 Å². The minimum absolute atomic E-state index is 0.154. The van der Waals surface area contributed by atoms with Crippen LogP contribution in [0.5, 0.6) is 0 Å². The predicted molar refractivity (Wildman–Crippen MR) is 64.0 cm³/mol. The first-order valence-corrected chi connectivity index (χ1v) is 6.47. The van der Waals surface area contributed by atoms with E-state index < -0.39 is 5.69 Å². The molecule has 82 valence electrons. The van der Waals surface area contributed by atoms with Gasteiger partial charge in [0.25, 0.3) is 0 Å². The summed E-state index contributed by atoms with van der Waals surface area (Å²) in [5.41, 5.74) is -0.981. The molecule has 6 heteroatoms. The van der Waals surface area contributed by atoms with E-state index in [-0.39, 0.29) is 20.5 Å². The van der Waals surface area contributed by atoms with Crippen LogP contribution in [0, 0.1) is 0 Å². The van der Waals surface area contributed by atoms with E-state index >= 15 is 0 Å². The van der Waals surface area contributed by atoms with Crippen molar-refractivity contribution in [2.24, 2.45) is 0 Å². The van der Waals surface area contributed by atoms with Gasteiger partial charge in [-0.25, -0.2) is 0 Å². The Kier molecular flexibility index (Phi) is 3.29. The van der Waals surface area contributed by atoms with Crippen LogP contribution >= 0.6 is 11.8 Å². The molecule has 0 aliphatic carbocycles. The Bertz CT molecular complexity index is 606. The van der Waals surface area contributed by atoms with Crippen LogP contribution in [0.3, 0.4) is 0 Å². The number of aromatic amines is 1.